The normalized spacial score (nSPS) is 10.8. The molecule has 0 aliphatic heterocycles. The van der Waals surface area contributed by atoms with Crippen molar-refractivity contribution in [2.75, 3.05) is 5.32 Å². The van der Waals surface area contributed by atoms with Crippen LogP contribution in [-0.4, -0.2) is 14.8 Å². The maximum absolute atomic E-state index is 6.11. The van der Waals surface area contributed by atoms with Gasteiger partial charge in [-0.25, -0.2) is 9.67 Å². The topological polar surface area (TPSA) is 42.7 Å². The minimum absolute atomic E-state index is 0.666. The molecule has 2 aromatic heterocycles. The number of halogens is 1. The maximum atomic E-state index is 6.11. The zero-order valence-corrected chi connectivity index (χ0v) is 12.9. The molecule has 112 valence electrons. The van der Waals surface area contributed by atoms with Crippen LogP contribution in [0.15, 0.2) is 72.9 Å². The summed E-state index contributed by atoms with van der Waals surface area (Å²) in [5.41, 5.74) is 2.64. The molecule has 2 aromatic carbocycles. The summed E-state index contributed by atoms with van der Waals surface area (Å²) in [6.45, 7) is 0. The van der Waals surface area contributed by atoms with E-state index in [9.17, 15) is 0 Å². The zero-order valence-electron chi connectivity index (χ0n) is 12.1. The summed E-state index contributed by atoms with van der Waals surface area (Å²) in [6.07, 6.45) is 1.76. The molecule has 0 aliphatic rings. The molecule has 2 heterocycles. The number of hydrogen-bond acceptors (Lipinski definition) is 3. The van der Waals surface area contributed by atoms with Crippen LogP contribution in [0.1, 0.15) is 0 Å². The Hall–Kier alpha value is -2.85. The molecular weight excluding hydrogens is 308 g/mol. The number of rotatable bonds is 3. The standard InChI is InChI=1S/C18H13ClN4/c19-13-6-4-9-15(12-13)23-18-16(10-5-11-20-18)17(22-23)21-14-7-2-1-3-8-14/h1-12H,(H,21,22). The van der Waals surface area contributed by atoms with E-state index in [1.165, 1.54) is 0 Å². The van der Waals surface area contributed by atoms with E-state index in [-0.39, 0.29) is 0 Å². The van der Waals surface area contributed by atoms with E-state index in [2.05, 4.69) is 15.4 Å². The summed E-state index contributed by atoms with van der Waals surface area (Å²) in [7, 11) is 0. The first kappa shape index (κ1) is 13.8. The summed E-state index contributed by atoms with van der Waals surface area (Å²) >= 11 is 6.11. The SMILES string of the molecule is Clc1cccc(-n2nc(Nc3ccccc3)c3cccnc32)c1. The highest BCUT2D eigenvalue weighted by Crippen LogP contribution is 2.27. The van der Waals surface area contributed by atoms with Crippen molar-refractivity contribution in [3.8, 4) is 5.69 Å². The highest BCUT2D eigenvalue weighted by molar-refractivity contribution is 6.30. The van der Waals surface area contributed by atoms with Crippen molar-refractivity contribution in [2.24, 2.45) is 0 Å². The third-order valence-electron chi connectivity index (χ3n) is 3.53. The highest BCUT2D eigenvalue weighted by atomic mass is 35.5. The summed E-state index contributed by atoms with van der Waals surface area (Å²) in [6, 6.07) is 21.4. The molecular formula is C18H13ClN4. The Morgan fingerprint density at radius 2 is 1.78 bits per heavy atom. The first-order valence-corrected chi connectivity index (χ1v) is 7.61. The van der Waals surface area contributed by atoms with Crippen LogP contribution < -0.4 is 5.32 Å². The number of nitrogens with one attached hydrogen (secondary N) is 1. The van der Waals surface area contributed by atoms with Gasteiger partial charge in [-0.2, -0.15) is 0 Å². The van der Waals surface area contributed by atoms with Gasteiger partial charge in [0.1, 0.15) is 0 Å². The minimum Gasteiger partial charge on any atom is -0.338 e. The van der Waals surface area contributed by atoms with Crippen LogP contribution in [0.4, 0.5) is 11.5 Å². The van der Waals surface area contributed by atoms with Crippen LogP contribution in [0.25, 0.3) is 16.7 Å². The lowest BCUT2D eigenvalue weighted by Crippen LogP contribution is -1.98. The first-order valence-electron chi connectivity index (χ1n) is 7.23. The Labute approximate surface area is 138 Å². The van der Waals surface area contributed by atoms with Crippen LogP contribution >= 0.6 is 11.6 Å². The lowest BCUT2D eigenvalue weighted by molar-refractivity contribution is 0.901. The molecule has 0 radical (unpaired) electrons. The third kappa shape index (κ3) is 2.64. The van der Waals surface area contributed by atoms with Gasteiger partial charge in [0.2, 0.25) is 0 Å². The molecule has 4 rings (SSSR count). The van der Waals surface area contributed by atoms with Crippen LogP contribution in [-0.2, 0) is 0 Å². The lowest BCUT2D eigenvalue weighted by Gasteiger charge is -2.03. The molecule has 0 aliphatic carbocycles. The average Bonchev–Trinajstić information content (AvgIpc) is 2.95. The Balaban J connectivity index is 1.86. The number of aromatic nitrogens is 3. The van der Waals surface area contributed by atoms with Crippen molar-refractivity contribution in [3.05, 3.63) is 77.9 Å². The first-order chi connectivity index (χ1) is 11.3. The van der Waals surface area contributed by atoms with E-state index in [0.717, 1.165) is 28.2 Å². The van der Waals surface area contributed by atoms with Gasteiger partial charge in [-0.15, -0.1) is 5.10 Å². The third-order valence-corrected chi connectivity index (χ3v) is 3.77. The smallest absolute Gasteiger partial charge is 0.165 e. The second-order valence-electron chi connectivity index (χ2n) is 5.11. The maximum Gasteiger partial charge on any atom is 0.165 e. The van der Waals surface area contributed by atoms with Crippen molar-refractivity contribution in [3.63, 3.8) is 0 Å². The predicted octanol–water partition coefficient (Wildman–Crippen LogP) is 4.82. The molecule has 1 N–H and O–H groups in total. The lowest BCUT2D eigenvalue weighted by atomic mass is 10.3. The van der Waals surface area contributed by atoms with Gasteiger partial charge >= 0.3 is 0 Å². The fraction of sp³-hybridized carbons (Fsp3) is 0. The Bertz CT molecular complexity index is 963. The number of nitrogens with zero attached hydrogens (tertiary/aromatic N) is 3. The van der Waals surface area contributed by atoms with E-state index >= 15 is 0 Å². The van der Waals surface area contributed by atoms with Gasteiger partial charge in [0, 0.05) is 16.9 Å². The van der Waals surface area contributed by atoms with E-state index < -0.39 is 0 Å². The summed E-state index contributed by atoms with van der Waals surface area (Å²) in [4.78, 5) is 4.47. The van der Waals surface area contributed by atoms with Gasteiger partial charge in [-0.05, 0) is 42.5 Å². The van der Waals surface area contributed by atoms with E-state index in [1.807, 2.05) is 66.7 Å². The molecule has 0 bridgehead atoms. The number of anilines is 2. The fourth-order valence-electron chi connectivity index (χ4n) is 2.49. The van der Waals surface area contributed by atoms with Crippen molar-refractivity contribution in [1.29, 1.82) is 0 Å². The molecule has 0 saturated carbocycles. The van der Waals surface area contributed by atoms with Gasteiger partial charge in [-0.1, -0.05) is 35.9 Å². The average molecular weight is 321 g/mol. The van der Waals surface area contributed by atoms with Gasteiger partial charge < -0.3 is 5.32 Å². The number of pyridine rings is 1. The van der Waals surface area contributed by atoms with Gasteiger partial charge in [-0.3, -0.25) is 0 Å². The number of para-hydroxylation sites is 1. The van der Waals surface area contributed by atoms with Gasteiger partial charge in [0.05, 0.1) is 11.1 Å². The van der Waals surface area contributed by atoms with Crippen LogP contribution in [0.2, 0.25) is 5.02 Å². The second kappa shape index (κ2) is 5.74. The molecule has 23 heavy (non-hydrogen) atoms. The Morgan fingerprint density at radius 1 is 0.913 bits per heavy atom. The molecule has 0 saturated heterocycles. The van der Waals surface area contributed by atoms with Crippen molar-refractivity contribution in [2.45, 2.75) is 0 Å². The largest absolute Gasteiger partial charge is 0.338 e. The number of hydrogen-bond donors (Lipinski definition) is 1. The molecule has 0 unspecified atom stereocenters. The molecule has 4 aromatic rings. The highest BCUT2D eigenvalue weighted by Gasteiger charge is 2.13. The molecule has 0 amide bonds. The Morgan fingerprint density at radius 3 is 2.61 bits per heavy atom. The number of benzene rings is 2. The molecule has 0 fully saturated rings. The molecule has 4 nitrogen and oxygen atoms in total. The summed E-state index contributed by atoms with van der Waals surface area (Å²) in [5, 5.41) is 9.65. The second-order valence-corrected chi connectivity index (χ2v) is 5.54. The summed E-state index contributed by atoms with van der Waals surface area (Å²) in [5.74, 6) is 0.763. The fourth-order valence-corrected chi connectivity index (χ4v) is 2.67. The predicted molar refractivity (Wildman–Crippen MR) is 93.6 cm³/mol. The van der Waals surface area contributed by atoms with Crippen molar-refractivity contribution < 1.29 is 0 Å². The van der Waals surface area contributed by atoms with Crippen LogP contribution in [0.3, 0.4) is 0 Å². The molecule has 5 heteroatoms. The van der Waals surface area contributed by atoms with E-state index in [1.54, 1.807) is 10.9 Å². The van der Waals surface area contributed by atoms with E-state index in [0.29, 0.717) is 5.02 Å². The van der Waals surface area contributed by atoms with Crippen molar-refractivity contribution >= 4 is 34.1 Å². The molecule has 0 atom stereocenters. The monoisotopic (exact) mass is 320 g/mol. The van der Waals surface area contributed by atoms with Gasteiger partial charge in [0.15, 0.2) is 11.5 Å². The summed E-state index contributed by atoms with van der Waals surface area (Å²) < 4.78 is 1.80. The minimum atomic E-state index is 0.666. The zero-order chi connectivity index (χ0) is 15.6. The Kier molecular flexibility index (Phi) is 3.44. The molecule has 0 spiro atoms. The van der Waals surface area contributed by atoms with E-state index in [4.69, 9.17) is 11.6 Å². The van der Waals surface area contributed by atoms with Crippen LogP contribution in [0.5, 0.6) is 0 Å². The van der Waals surface area contributed by atoms with Crippen molar-refractivity contribution in [1.82, 2.24) is 14.8 Å². The van der Waals surface area contributed by atoms with Crippen LogP contribution in [0, 0.1) is 0 Å². The number of fused-ring (bicyclic) bond motifs is 1. The van der Waals surface area contributed by atoms with Gasteiger partial charge in [0.25, 0.3) is 0 Å². The quantitative estimate of drug-likeness (QED) is 0.588.